The molecule has 0 aliphatic heterocycles. The lowest BCUT2D eigenvalue weighted by Crippen LogP contribution is -2.00. The molecule has 0 aliphatic rings. The standard InChI is InChI=1S/C75H42N4O3S/c1-2-13-44(14-3-1)73-76-74(48-30-36-55-54-35-29-47(41-66(54)81-67(55)42-48)50-18-12-26-69-71(50)57-17-6-9-25-68(57)83-69)78-75(77-73)58-21-11-24-65-70(58)60-40-46(32-38-64(60)80-65)45-31-37-62-59(39-45)52-15-4-7-22-61(52)79(62)49-33-27-43(28-34-49)51-19-10-20-56-53-16-5-8-23-63(53)82-72(51)56/h1-42H. The fourth-order valence-corrected chi connectivity index (χ4v) is 14.0. The number of rotatable bonds is 7. The number of para-hydroxylation sites is 3. The van der Waals surface area contributed by atoms with Crippen LogP contribution in [0, 0.1) is 0 Å². The minimum atomic E-state index is 0.544. The molecule has 0 amide bonds. The number of aromatic nitrogens is 4. The van der Waals surface area contributed by atoms with Gasteiger partial charge in [-0.3, -0.25) is 0 Å². The first-order valence-corrected chi connectivity index (χ1v) is 28.6. The van der Waals surface area contributed by atoms with E-state index < -0.39 is 0 Å². The molecule has 0 atom stereocenters. The van der Waals surface area contributed by atoms with E-state index in [1.165, 1.54) is 36.5 Å². The molecule has 0 spiro atoms. The maximum atomic E-state index is 6.75. The van der Waals surface area contributed by atoms with Crippen LogP contribution in [0.5, 0.6) is 0 Å². The van der Waals surface area contributed by atoms with Gasteiger partial charge in [0.15, 0.2) is 17.5 Å². The summed E-state index contributed by atoms with van der Waals surface area (Å²) in [6.07, 6.45) is 0. The van der Waals surface area contributed by atoms with Crippen LogP contribution in [0.25, 0.3) is 181 Å². The molecular weight excluding hydrogens is 1040 g/mol. The molecule has 0 bridgehead atoms. The SMILES string of the molecule is c1ccc(-c2nc(-c3ccc4c(c3)oc3cc(-c5cccc6sc7ccccc7c56)ccc34)nc(-c3cccc4oc5ccc(-c6ccc7c(c6)c6ccccc6n7-c6ccc(-c7cccc8c7oc7ccccc78)cc6)cc5c34)n2)cc1. The molecule has 0 unspecified atom stereocenters. The Hall–Kier alpha value is -10.9. The van der Waals surface area contributed by atoms with Crippen molar-refractivity contribution in [1.29, 1.82) is 0 Å². The van der Waals surface area contributed by atoms with E-state index >= 15 is 0 Å². The van der Waals surface area contributed by atoms with Crippen LogP contribution in [0.15, 0.2) is 268 Å². The third kappa shape index (κ3) is 7.13. The van der Waals surface area contributed by atoms with Crippen molar-refractivity contribution in [3.8, 4) is 73.2 Å². The summed E-state index contributed by atoms with van der Waals surface area (Å²) in [5.74, 6) is 1.66. The first-order valence-electron chi connectivity index (χ1n) is 27.8. The quantitative estimate of drug-likeness (QED) is 0.158. The molecule has 0 saturated heterocycles. The lowest BCUT2D eigenvalue weighted by atomic mass is 9.98. The van der Waals surface area contributed by atoms with Crippen LogP contribution in [0.2, 0.25) is 0 Å². The third-order valence-electron chi connectivity index (χ3n) is 16.7. The van der Waals surface area contributed by atoms with Crippen LogP contribution in [0.4, 0.5) is 0 Å². The number of benzene rings is 12. The fourth-order valence-electron chi connectivity index (χ4n) is 12.8. The second-order valence-corrected chi connectivity index (χ2v) is 22.5. The Morgan fingerprint density at radius 2 is 0.843 bits per heavy atom. The molecule has 6 heterocycles. The van der Waals surface area contributed by atoms with E-state index in [0.717, 1.165) is 127 Å². The molecule has 12 aromatic carbocycles. The minimum absolute atomic E-state index is 0.544. The van der Waals surface area contributed by atoms with Gasteiger partial charge in [-0.15, -0.1) is 11.3 Å². The van der Waals surface area contributed by atoms with E-state index in [1.54, 1.807) is 0 Å². The summed E-state index contributed by atoms with van der Waals surface area (Å²) in [5.41, 5.74) is 17.5. The highest BCUT2D eigenvalue weighted by Gasteiger charge is 2.22. The summed E-state index contributed by atoms with van der Waals surface area (Å²) >= 11 is 1.83. The lowest BCUT2D eigenvalue weighted by molar-refractivity contribution is 0.668. The zero-order chi connectivity index (χ0) is 54.3. The van der Waals surface area contributed by atoms with Gasteiger partial charge in [-0.1, -0.05) is 164 Å². The predicted molar refractivity (Wildman–Crippen MR) is 342 cm³/mol. The monoisotopic (exact) mass is 1080 g/mol. The van der Waals surface area contributed by atoms with Crippen molar-refractivity contribution in [2.45, 2.75) is 0 Å². The molecule has 18 rings (SSSR count). The number of fused-ring (bicyclic) bond motifs is 15. The lowest BCUT2D eigenvalue weighted by Gasteiger charge is -2.10. The van der Waals surface area contributed by atoms with E-state index in [-0.39, 0.29) is 0 Å². The van der Waals surface area contributed by atoms with E-state index in [9.17, 15) is 0 Å². The van der Waals surface area contributed by atoms with Gasteiger partial charge in [0.25, 0.3) is 0 Å². The summed E-state index contributed by atoms with van der Waals surface area (Å²) < 4.78 is 24.7. The van der Waals surface area contributed by atoms with Gasteiger partial charge in [-0.2, -0.15) is 0 Å². The van der Waals surface area contributed by atoms with Crippen molar-refractivity contribution in [2.24, 2.45) is 0 Å². The van der Waals surface area contributed by atoms with E-state index in [4.69, 9.17) is 28.2 Å². The Morgan fingerprint density at radius 3 is 1.71 bits per heavy atom. The van der Waals surface area contributed by atoms with E-state index in [1.807, 2.05) is 65.9 Å². The van der Waals surface area contributed by atoms with Crippen molar-refractivity contribution < 1.29 is 13.3 Å². The van der Waals surface area contributed by atoms with Crippen LogP contribution in [0.3, 0.4) is 0 Å². The topological polar surface area (TPSA) is 83.0 Å². The van der Waals surface area contributed by atoms with E-state index in [0.29, 0.717) is 17.5 Å². The number of thiophene rings is 1. The fraction of sp³-hybridized carbons (Fsp3) is 0. The second kappa shape index (κ2) is 17.8. The van der Waals surface area contributed by atoms with Gasteiger partial charge in [-0.25, -0.2) is 15.0 Å². The van der Waals surface area contributed by atoms with Gasteiger partial charge in [0.05, 0.1) is 11.0 Å². The predicted octanol–water partition coefficient (Wildman–Crippen LogP) is 21.0. The van der Waals surface area contributed by atoms with Crippen molar-refractivity contribution in [3.05, 3.63) is 255 Å². The van der Waals surface area contributed by atoms with Crippen molar-refractivity contribution in [2.75, 3.05) is 0 Å². The number of hydrogen-bond donors (Lipinski definition) is 0. The van der Waals surface area contributed by atoms with Crippen molar-refractivity contribution >= 4 is 119 Å². The van der Waals surface area contributed by atoms with Crippen LogP contribution in [-0.4, -0.2) is 19.5 Å². The summed E-state index contributed by atoms with van der Waals surface area (Å²) in [4.78, 5) is 15.7. The summed E-state index contributed by atoms with van der Waals surface area (Å²) in [5, 5.41) is 11.1. The Morgan fingerprint density at radius 1 is 0.277 bits per heavy atom. The average molecular weight is 1080 g/mol. The molecule has 7 nitrogen and oxygen atoms in total. The zero-order valence-electron chi connectivity index (χ0n) is 44.2. The summed E-state index contributed by atoms with van der Waals surface area (Å²) in [7, 11) is 0. The van der Waals surface area contributed by atoms with Crippen LogP contribution < -0.4 is 0 Å². The smallest absolute Gasteiger partial charge is 0.164 e. The molecule has 18 aromatic rings. The first kappa shape index (κ1) is 45.9. The number of nitrogens with zero attached hydrogens (tertiary/aromatic N) is 4. The highest BCUT2D eigenvalue weighted by atomic mass is 32.1. The van der Waals surface area contributed by atoms with Crippen LogP contribution >= 0.6 is 11.3 Å². The van der Waals surface area contributed by atoms with Gasteiger partial charge >= 0.3 is 0 Å². The normalized spacial score (nSPS) is 12.1. The third-order valence-corrected chi connectivity index (χ3v) is 17.8. The minimum Gasteiger partial charge on any atom is -0.456 e. The van der Waals surface area contributed by atoms with E-state index in [2.05, 4.69) is 205 Å². The molecular formula is C75H42N4O3S. The molecule has 386 valence electrons. The average Bonchev–Trinajstić information content (AvgIpc) is 3.62. The Balaban J connectivity index is 0.727. The van der Waals surface area contributed by atoms with Gasteiger partial charge in [0.2, 0.25) is 0 Å². The Labute approximate surface area is 477 Å². The maximum absolute atomic E-state index is 6.75. The van der Waals surface area contributed by atoms with Gasteiger partial charge in [0.1, 0.15) is 33.5 Å². The van der Waals surface area contributed by atoms with Crippen LogP contribution in [-0.2, 0) is 0 Å². The van der Waals surface area contributed by atoms with Gasteiger partial charge in [0, 0.05) is 91.2 Å². The zero-order valence-corrected chi connectivity index (χ0v) is 45.0. The largest absolute Gasteiger partial charge is 0.456 e. The molecule has 0 fully saturated rings. The molecule has 6 aromatic heterocycles. The number of furan rings is 3. The summed E-state index contributed by atoms with van der Waals surface area (Å²) in [6.45, 7) is 0. The molecule has 83 heavy (non-hydrogen) atoms. The Bertz CT molecular complexity index is 5710. The molecule has 0 N–H and O–H groups in total. The van der Waals surface area contributed by atoms with Crippen molar-refractivity contribution in [3.63, 3.8) is 0 Å². The number of hydrogen-bond acceptors (Lipinski definition) is 7. The van der Waals surface area contributed by atoms with Crippen molar-refractivity contribution in [1.82, 2.24) is 19.5 Å². The molecule has 0 saturated carbocycles. The molecule has 8 heteroatoms. The maximum Gasteiger partial charge on any atom is 0.164 e. The van der Waals surface area contributed by atoms with Gasteiger partial charge in [-0.05, 0) is 119 Å². The first-order chi connectivity index (χ1) is 41.1. The summed E-state index contributed by atoms with van der Waals surface area (Å²) in [6, 6.07) is 89.8. The highest BCUT2D eigenvalue weighted by Crippen LogP contribution is 2.44. The molecule has 0 radical (unpaired) electrons. The van der Waals surface area contributed by atoms with Gasteiger partial charge < -0.3 is 17.8 Å². The second-order valence-electron chi connectivity index (χ2n) is 21.4. The Kier molecular flexibility index (Phi) is 9.83. The van der Waals surface area contributed by atoms with Crippen LogP contribution in [0.1, 0.15) is 0 Å². The highest BCUT2D eigenvalue weighted by molar-refractivity contribution is 7.26. The molecule has 0 aliphatic carbocycles.